The van der Waals surface area contributed by atoms with E-state index < -0.39 is 0 Å². The SMILES string of the molecule is C=N/C(NC1(C)CC1)=C(\C)C(C(=O)NCc1ncc(C(C)(C)C)o1)=C(C)C. The minimum atomic E-state index is -0.174. The van der Waals surface area contributed by atoms with Crippen LogP contribution < -0.4 is 10.6 Å². The Bertz CT molecular complexity index is 785. The quantitative estimate of drug-likeness (QED) is 0.431. The maximum absolute atomic E-state index is 12.8. The highest BCUT2D eigenvalue weighted by atomic mass is 16.4. The van der Waals surface area contributed by atoms with Gasteiger partial charge in [0, 0.05) is 22.1 Å². The minimum Gasteiger partial charge on any atom is -0.443 e. The second-order valence-corrected chi connectivity index (χ2v) is 8.74. The van der Waals surface area contributed by atoms with Gasteiger partial charge in [0.15, 0.2) is 0 Å². The molecule has 6 heteroatoms. The van der Waals surface area contributed by atoms with Crippen LogP contribution in [0.4, 0.5) is 0 Å². The lowest BCUT2D eigenvalue weighted by atomic mass is 9.94. The average Bonchev–Trinajstić information content (AvgIpc) is 3.09. The number of rotatable bonds is 7. The van der Waals surface area contributed by atoms with Gasteiger partial charge in [-0.05, 0) is 47.3 Å². The maximum atomic E-state index is 12.8. The number of amides is 1. The molecule has 0 saturated heterocycles. The van der Waals surface area contributed by atoms with Crippen LogP contribution in [0.5, 0.6) is 0 Å². The molecule has 0 radical (unpaired) electrons. The zero-order valence-corrected chi connectivity index (χ0v) is 17.6. The van der Waals surface area contributed by atoms with Crippen molar-refractivity contribution in [2.75, 3.05) is 0 Å². The fourth-order valence-electron chi connectivity index (χ4n) is 2.72. The van der Waals surface area contributed by atoms with Gasteiger partial charge < -0.3 is 15.1 Å². The smallest absolute Gasteiger partial charge is 0.252 e. The van der Waals surface area contributed by atoms with E-state index >= 15 is 0 Å². The molecule has 1 aromatic heterocycles. The number of allylic oxidation sites excluding steroid dienone is 1. The molecule has 0 unspecified atom stereocenters. The Morgan fingerprint density at radius 3 is 2.41 bits per heavy atom. The van der Waals surface area contributed by atoms with Gasteiger partial charge in [-0.25, -0.2) is 9.98 Å². The molecule has 1 heterocycles. The molecule has 1 aliphatic carbocycles. The van der Waals surface area contributed by atoms with Crippen LogP contribution in [0.15, 0.2) is 38.1 Å². The minimum absolute atomic E-state index is 0.0580. The largest absolute Gasteiger partial charge is 0.443 e. The normalized spacial score (nSPS) is 16.3. The first-order chi connectivity index (χ1) is 12.5. The molecule has 2 rings (SSSR count). The highest BCUT2D eigenvalue weighted by molar-refractivity contribution is 5.98. The van der Waals surface area contributed by atoms with E-state index in [1.807, 2.05) is 20.8 Å². The molecule has 1 aliphatic rings. The first-order valence-corrected chi connectivity index (χ1v) is 9.34. The second kappa shape index (κ2) is 7.71. The van der Waals surface area contributed by atoms with Crippen molar-refractivity contribution in [3.63, 3.8) is 0 Å². The van der Waals surface area contributed by atoms with E-state index in [1.54, 1.807) is 6.20 Å². The summed E-state index contributed by atoms with van der Waals surface area (Å²) in [5.74, 6) is 1.78. The summed E-state index contributed by atoms with van der Waals surface area (Å²) in [4.78, 5) is 21.2. The molecule has 0 aromatic carbocycles. The van der Waals surface area contributed by atoms with Crippen LogP contribution in [0.2, 0.25) is 0 Å². The van der Waals surface area contributed by atoms with Crippen LogP contribution in [-0.2, 0) is 16.8 Å². The van der Waals surface area contributed by atoms with Gasteiger partial charge in [0.2, 0.25) is 5.89 Å². The van der Waals surface area contributed by atoms with E-state index in [-0.39, 0.29) is 23.4 Å². The number of nitrogens with zero attached hydrogens (tertiary/aromatic N) is 2. The van der Waals surface area contributed by atoms with Gasteiger partial charge in [0.05, 0.1) is 12.7 Å². The average molecular weight is 373 g/mol. The zero-order valence-electron chi connectivity index (χ0n) is 17.6. The van der Waals surface area contributed by atoms with Crippen molar-refractivity contribution in [2.45, 2.75) is 78.8 Å². The van der Waals surface area contributed by atoms with E-state index in [9.17, 15) is 4.79 Å². The predicted octanol–water partition coefficient (Wildman–Crippen LogP) is 4.00. The van der Waals surface area contributed by atoms with Crippen LogP contribution in [0, 0.1) is 0 Å². The van der Waals surface area contributed by atoms with E-state index in [1.165, 1.54) is 0 Å². The fourth-order valence-corrected chi connectivity index (χ4v) is 2.72. The first kappa shape index (κ1) is 20.9. The van der Waals surface area contributed by atoms with Gasteiger partial charge in [-0.3, -0.25) is 4.79 Å². The molecule has 6 nitrogen and oxygen atoms in total. The number of hydrogen-bond donors (Lipinski definition) is 2. The van der Waals surface area contributed by atoms with Crippen molar-refractivity contribution in [1.29, 1.82) is 0 Å². The standard InChI is InChI=1S/C21H32N4O2/c1-13(2)17(14(3)18(22-8)25-21(7)9-10-21)19(26)24-12-16-23-11-15(27-16)20(4,5)6/h11,25H,8-10,12H2,1-7H3,(H,24,26)/b18-14-. The van der Waals surface area contributed by atoms with Gasteiger partial charge in [0.25, 0.3) is 5.91 Å². The van der Waals surface area contributed by atoms with Crippen molar-refractivity contribution in [3.05, 3.63) is 40.4 Å². The summed E-state index contributed by atoms with van der Waals surface area (Å²) >= 11 is 0. The third kappa shape index (κ3) is 5.31. The van der Waals surface area contributed by atoms with Crippen molar-refractivity contribution >= 4 is 12.6 Å². The van der Waals surface area contributed by atoms with Crippen LogP contribution in [0.3, 0.4) is 0 Å². The molecule has 27 heavy (non-hydrogen) atoms. The zero-order chi connectivity index (χ0) is 20.4. The Kier molecular flexibility index (Phi) is 5.97. The molecule has 2 N–H and O–H groups in total. The number of aromatic nitrogens is 1. The Labute approximate surface area is 162 Å². The lowest BCUT2D eigenvalue weighted by molar-refractivity contribution is -0.117. The van der Waals surface area contributed by atoms with Crippen LogP contribution in [0.1, 0.15) is 73.0 Å². The Morgan fingerprint density at radius 1 is 1.33 bits per heavy atom. The Balaban J connectivity index is 2.14. The lowest BCUT2D eigenvalue weighted by Crippen LogP contribution is -2.30. The maximum Gasteiger partial charge on any atom is 0.252 e. The van der Waals surface area contributed by atoms with Crippen molar-refractivity contribution in [2.24, 2.45) is 4.99 Å². The first-order valence-electron chi connectivity index (χ1n) is 9.34. The molecule has 1 fully saturated rings. The molecule has 0 bridgehead atoms. The number of oxazole rings is 1. The molecule has 148 valence electrons. The van der Waals surface area contributed by atoms with E-state index in [0.717, 1.165) is 29.7 Å². The fraction of sp³-hybridized carbons (Fsp3) is 0.571. The Hall–Kier alpha value is -2.37. The molecular weight excluding hydrogens is 340 g/mol. The molecule has 1 aromatic rings. The van der Waals surface area contributed by atoms with Crippen molar-refractivity contribution in [1.82, 2.24) is 15.6 Å². The van der Waals surface area contributed by atoms with Crippen LogP contribution in [0.25, 0.3) is 0 Å². The summed E-state index contributed by atoms with van der Waals surface area (Å²) in [7, 11) is 0. The molecule has 0 atom stereocenters. The summed E-state index contributed by atoms with van der Waals surface area (Å²) < 4.78 is 5.75. The number of nitrogens with one attached hydrogen (secondary N) is 2. The summed E-state index contributed by atoms with van der Waals surface area (Å²) in [5, 5.41) is 6.31. The van der Waals surface area contributed by atoms with Gasteiger partial charge >= 0.3 is 0 Å². The number of carbonyl (C=O) groups is 1. The summed E-state index contributed by atoms with van der Waals surface area (Å²) in [6.45, 7) is 17.9. The number of carbonyl (C=O) groups excluding carboxylic acids is 1. The summed E-state index contributed by atoms with van der Waals surface area (Å²) in [6, 6.07) is 0. The highest BCUT2D eigenvalue weighted by Crippen LogP contribution is 2.36. The summed E-state index contributed by atoms with van der Waals surface area (Å²) in [6.07, 6.45) is 3.90. The molecule has 0 spiro atoms. The lowest BCUT2D eigenvalue weighted by Gasteiger charge is -2.18. The number of hydrogen-bond acceptors (Lipinski definition) is 5. The monoisotopic (exact) mass is 372 g/mol. The molecular formula is C21H32N4O2. The third-order valence-electron chi connectivity index (χ3n) is 4.73. The predicted molar refractivity (Wildman–Crippen MR) is 108 cm³/mol. The Morgan fingerprint density at radius 2 is 1.96 bits per heavy atom. The van der Waals surface area contributed by atoms with E-state index in [2.05, 4.69) is 55.0 Å². The van der Waals surface area contributed by atoms with E-state index in [0.29, 0.717) is 17.3 Å². The van der Waals surface area contributed by atoms with E-state index in [4.69, 9.17) is 4.42 Å². The number of aliphatic imine (C=N–C) groups is 1. The topological polar surface area (TPSA) is 79.5 Å². The van der Waals surface area contributed by atoms with Crippen LogP contribution in [-0.4, -0.2) is 23.1 Å². The van der Waals surface area contributed by atoms with Gasteiger partial charge in [-0.2, -0.15) is 0 Å². The van der Waals surface area contributed by atoms with Crippen molar-refractivity contribution in [3.8, 4) is 0 Å². The van der Waals surface area contributed by atoms with Gasteiger partial charge in [-0.15, -0.1) is 0 Å². The van der Waals surface area contributed by atoms with Gasteiger partial charge in [0.1, 0.15) is 11.6 Å². The highest BCUT2D eigenvalue weighted by Gasteiger charge is 2.38. The van der Waals surface area contributed by atoms with Crippen molar-refractivity contribution < 1.29 is 9.21 Å². The molecule has 1 amide bonds. The summed E-state index contributed by atoms with van der Waals surface area (Å²) in [5.41, 5.74) is 2.25. The molecule has 0 aliphatic heterocycles. The molecule has 1 saturated carbocycles. The third-order valence-corrected chi connectivity index (χ3v) is 4.73. The van der Waals surface area contributed by atoms with Gasteiger partial charge in [-0.1, -0.05) is 26.3 Å². The van der Waals surface area contributed by atoms with Crippen LogP contribution >= 0.6 is 0 Å². The second-order valence-electron chi connectivity index (χ2n) is 8.74.